The highest BCUT2D eigenvalue weighted by Crippen LogP contribution is 2.22. The maximum absolute atomic E-state index is 9.87. The summed E-state index contributed by atoms with van der Waals surface area (Å²) >= 11 is 0. The van der Waals surface area contributed by atoms with Crippen molar-refractivity contribution in [2.24, 2.45) is 4.99 Å². The average Bonchev–Trinajstić information content (AvgIpc) is 2.52. The van der Waals surface area contributed by atoms with E-state index >= 15 is 0 Å². The predicted octanol–water partition coefficient (Wildman–Crippen LogP) is 6.17. The summed E-state index contributed by atoms with van der Waals surface area (Å²) < 4.78 is 0. The Morgan fingerprint density at radius 1 is 1.09 bits per heavy atom. The molecule has 0 aliphatic heterocycles. The monoisotopic (exact) mass is 317 g/mol. The van der Waals surface area contributed by atoms with Gasteiger partial charge in [-0.25, -0.2) is 0 Å². The summed E-state index contributed by atoms with van der Waals surface area (Å²) in [4.78, 5) is 4.35. The van der Waals surface area contributed by atoms with Gasteiger partial charge in [0.25, 0.3) is 0 Å². The van der Waals surface area contributed by atoms with Crippen molar-refractivity contribution in [3.8, 4) is 0 Å². The van der Waals surface area contributed by atoms with Crippen LogP contribution in [-0.4, -0.2) is 16.4 Å². The van der Waals surface area contributed by atoms with Gasteiger partial charge in [0.1, 0.15) is 0 Å². The Morgan fingerprint density at radius 2 is 1.61 bits per heavy atom. The van der Waals surface area contributed by atoms with Crippen LogP contribution < -0.4 is 0 Å². The van der Waals surface area contributed by atoms with E-state index in [0.717, 1.165) is 29.7 Å². The molecule has 0 rings (SSSR count). The molecule has 23 heavy (non-hydrogen) atoms. The molecule has 0 unspecified atom stereocenters. The second kappa shape index (κ2) is 11.8. The highest BCUT2D eigenvalue weighted by Gasteiger charge is 2.14. The summed E-state index contributed by atoms with van der Waals surface area (Å²) in [6.45, 7) is 25.3. The van der Waals surface area contributed by atoms with E-state index in [2.05, 4.69) is 38.6 Å². The van der Waals surface area contributed by atoms with Crippen LogP contribution in [0.15, 0.2) is 65.4 Å². The second-order valence-electron chi connectivity index (χ2n) is 5.51. The molecular weight excluding hydrogens is 282 g/mol. The van der Waals surface area contributed by atoms with Gasteiger partial charge in [0.15, 0.2) is 0 Å². The number of rotatable bonds is 8. The average molecular weight is 318 g/mol. The number of aliphatic imine (C=N–C) groups is 1. The first kappa shape index (κ1) is 23.6. The molecule has 0 aliphatic rings. The molecule has 0 amide bonds. The Hall–Kier alpha value is -1.67. The summed E-state index contributed by atoms with van der Waals surface area (Å²) in [5.74, 6) is 0. The van der Waals surface area contributed by atoms with Crippen molar-refractivity contribution in [3.63, 3.8) is 0 Å². The largest absolute Gasteiger partial charge is 0.386 e. The lowest BCUT2D eigenvalue weighted by molar-refractivity contribution is 0.124. The fraction of sp³-hybridized carbons (Fsp3) is 0.476. The summed E-state index contributed by atoms with van der Waals surface area (Å²) in [5, 5.41) is 9.87. The molecule has 0 aromatic carbocycles. The minimum Gasteiger partial charge on any atom is -0.386 e. The Morgan fingerprint density at radius 3 is 1.96 bits per heavy atom. The fourth-order valence-corrected chi connectivity index (χ4v) is 1.90. The smallest absolute Gasteiger partial charge is 0.0834 e. The molecule has 0 saturated carbocycles. The molecule has 0 atom stereocenters. The lowest BCUT2D eigenvalue weighted by Crippen LogP contribution is -2.19. The van der Waals surface area contributed by atoms with Gasteiger partial charge in [-0.2, -0.15) is 0 Å². The minimum absolute atomic E-state index is 0.657. The molecule has 2 heteroatoms. The van der Waals surface area contributed by atoms with Crippen molar-refractivity contribution >= 4 is 5.71 Å². The number of aliphatic hydroxyl groups is 1. The molecular formula is C21H35NO. The van der Waals surface area contributed by atoms with Crippen molar-refractivity contribution in [2.45, 2.75) is 66.9 Å². The first-order valence-corrected chi connectivity index (χ1v) is 8.35. The van der Waals surface area contributed by atoms with Crippen molar-refractivity contribution in [2.75, 3.05) is 0 Å². The van der Waals surface area contributed by atoms with Crippen LogP contribution in [0, 0.1) is 0 Å². The topological polar surface area (TPSA) is 32.6 Å². The van der Waals surface area contributed by atoms with Crippen LogP contribution >= 0.6 is 0 Å². The Bertz CT molecular complexity index is 496. The van der Waals surface area contributed by atoms with Crippen molar-refractivity contribution in [1.29, 1.82) is 0 Å². The van der Waals surface area contributed by atoms with Gasteiger partial charge < -0.3 is 5.11 Å². The second-order valence-corrected chi connectivity index (χ2v) is 5.51. The van der Waals surface area contributed by atoms with E-state index in [9.17, 15) is 5.11 Å². The van der Waals surface area contributed by atoms with E-state index in [1.165, 1.54) is 5.57 Å². The van der Waals surface area contributed by atoms with Gasteiger partial charge in [-0.15, -0.1) is 0 Å². The summed E-state index contributed by atoms with van der Waals surface area (Å²) in [6.07, 6.45) is 7.05. The van der Waals surface area contributed by atoms with Gasteiger partial charge in [-0.1, -0.05) is 59.6 Å². The molecule has 0 spiro atoms. The van der Waals surface area contributed by atoms with Gasteiger partial charge in [-0.3, -0.25) is 4.99 Å². The highest BCUT2D eigenvalue weighted by atomic mass is 16.3. The van der Waals surface area contributed by atoms with Crippen LogP contribution in [0.1, 0.15) is 61.3 Å². The molecule has 0 aromatic rings. The van der Waals surface area contributed by atoms with Gasteiger partial charge in [0.05, 0.1) is 5.60 Å². The molecule has 0 heterocycles. The lowest BCUT2D eigenvalue weighted by Gasteiger charge is -2.17. The third kappa shape index (κ3) is 8.51. The van der Waals surface area contributed by atoms with Crippen molar-refractivity contribution in [1.82, 2.24) is 0 Å². The maximum atomic E-state index is 9.87. The minimum atomic E-state index is -0.916. The Balaban J connectivity index is 0. The van der Waals surface area contributed by atoms with Crippen LogP contribution in [0.5, 0.6) is 0 Å². The van der Waals surface area contributed by atoms with E-state index in [-0.39, 0.29) is 0 Å². The Kier molecular flexibility index (Phi) is 12.1. The predicted molar refractivity (Wildman–Crippen MR) is 106 cm³/mol. The zero-order chi connectivity index (χ0) is 18.6. The summed E-state index contributed by atoms with van der Waals surface area (Å²) in [5.41, 5.74) is 4.00. The zero-order valence-electron chi connectivity index (χ0n) is 16.2. The molecule has 0 aromatic heterocycles. The van der Waals surface area contributed by atoms with E-state index in [1.807, 2.05) is 32.9 Å². The molecule has 2 nitrogen and oxygen atoms in total. The lowest BCUT2D eigenvalue weighted by atomic mass is 9.93. The van der Waals surface area contributed by atoms with Crippen LogP contribution in [-0.2, 0) is 0 Å². The van der Waals surface area contributed by atoms with E-state index in [0.29, 0.717) is 5.57 Å². The quantitative estimate of drug-likeness (QED) is 0.421. The third-order valence-corrected chi connectivity index (χ3v) is 3.49. The molecule has 130 valence electrons. The molecule has 0 radical (unpaired) electrons. The summed E-state index contributed by atoms with van der Waals surface area (Å²) in [6, 6.07) is 0. The standard InChI is InChI=1S/C19H29NO.C2H6/c1-9-17(18(10-2)20-11-3)16(6)14(4)12-13-15(5)19(7,8)21;1-2/h11-13,21H,3-5,9-10H2,1-2,6-8H3;1-2H3/b13-12-,17-16+,20-18?;. The number of hydrogen-bond acceptors (Lipinski definition) is 2. The number of nitrogens with zero attached hydrogens (tertiary/aromatic N) is 1. The first-order valence-electron chi connectivity index (χ1n) is 8.35. The molecule has 1 N–H and O–H groups in total. The number of hydrogen-bond donors (Lipinski definition) is 1. The van der Waals surface area contributed by atoms with E-state index < -0.39 is 5.60 Å². The molecule has 0 aliphatic carbocycles. The van der Waals surface area contributed by atoms with E-state index in [1.54, 1.807) is 20.0 Å². The normalized spacial score (nSPS) is 13.1. The molecule has 0 saturated heterocycles. The zero-order valence-corrected chi connectivity index (χ0v) is 16.2. The van der Waals surface area contributed by atoms with Crippen LogP contribution in [0.25, 0.3) is 0 Å². The number of allylic oxidation sites excluding steroid dienone is 4. The summed E-state index contributed by atoms with van der Waals surface area (Å²) in [7, 11) is 0. The molecule has 0 bridgehead atoms. The van der Waals surface area contributed by atoms with Crippen molar-refractivity contribution < 1.29 is 5.11 Å². The first-order chi connectivity index (χ1) is 10.7. The maximum Gasteiger partial charge on any atom is 0.0834 e. The van der Waals surface area contributed by atoms with Crippen LogP contribution in [0.3, 0.4) is 0 Å². The van der Waals surface area contributed by atoms with Gasteiger partial charge >= 0.3 is 0 Å². The molecule has 0 fully saturated rings. The van der Waals surface area contributed by atoms with Crippen LogP contribution in [0.4, 0.5) is 0 Å². The highest BCUT2D eigenvalue weighted by molar-refractivity contribution is 6.01. The van der Waals surface area contributed by atoms with Crippen molar-refractivity contribution in [3.05, 3.63) is 60.4 Å². The van der Waals surface area contributed by atoms with Gasteiger partial charge in [0, 0.05) is 11.9 Å². The third-order valence-electron chi connectivity index (χ3n) is 3.49. The van der Waals surface area contributed by atoms with Crippen LogP contribution in [0.2, 0.25) is 0 Å². The fourth-order valence-electron chi connectivity index (χ4n) is 1.90. The SMILES string of the molecule is C=CN=C(CC)/C(CC)=C(\C)C(=C)/C=C\C(=C)C(C)(C)O.CC. The van der Waals surface area contributed by atoms with Gasteiger partial charge in [0.2, 0.25) is 0 Å². The van der Waals surface area contributed by atoms with E-state index in [4.69, 9.17) is 0 Å². The Labute approximate surface area is 143 Å². The van der Waals surface area contributed by atoms with Gasteiger partial charge in [-0.05, 0) is 55.9 Å².